The minimum Gasteiger partial charge on any atom is -0.464 e. The van der Waals surface area contributed by atoms with Crippen molar-refractivity contribution in [2.45, 2.75) is 0 Å². The monoisotopic (exact) mass is 347 g/mol. The van der Waals surface area contributed by atoms with Gasteiger partial charge < -0.3 is 9.15 Å². The predicted molar refractivity (Wildman–Crippen MR) is 88.7 cm³/mol. The van der Waals surface area contributed by atoms with Crippen molar-refractivity contribution in [2.75, 3.05) is 7.11 Å². The molecule has 3 aromatic rings. The maximum atomic E-state index is 12.0. The molecule has 116 valence electrons. The molecule has 0 unspecified atom stereocenters. The lowest BCUT2D eigenvalue weighted by Gasteiger charge is -2.02. The van der Waals surface area contributed by atoms with Crippen LogP contribution in [0.25, 0.3) is 22.8 Å². The minimum absolute atomic E-state index is 0.0877. The summed E-state index contributed by atoms with van der Waals surface area (Å²) in [7, 11) is 1.29. The van der Waals surface area contributed by atoms with E-state index in [2.05, 4.69) is 4.98 Å². The van der Waals surface area contributed by atoms with Gasteiger partial charge in [-0.3, -0.25) is 0 Å². The van der Waals surface area contributed by atoms with Crippen molar-refractivity contribution in [2.24, 2.45) is 0 Å². The number of halogens is 2. The summed E-state index contributed by atoms with van der Waals surface area (Å²) in [4.78, 5) is 16.3. The second-order valence-electron chi connectivity index (χ2n) is 4.68. The molecule has 0 bridgehead atoms. The molecule has 0 aliphatic rings. The zero-order valence-corrected chi connectivity index (χ0v) is 13.6. The third-order valence-electron chi connectivity index (χ3n) is 3.21. The van der Waals surface area contributed by atoms with Crippen molar-refractivity contribution >= 4 is 29.2 Å². The first kappa shape index (κ1) is 15.6. The molecule has 6 heteroatoms. The van der Waals surface area contributed by atoms with Crippen LogP contribution in [-0.4, -0.2) is 18.1 Å². The van der Waals surface area contributed by atoms with Crippen molar-refractivity contribution in [1.29, 1.82) is 0 Å². The van der Waals surface area contributed by atoms with Gasteiger partial charge in [0.2, 0.25) is 5.89 Å². The fourth-order valence-electron chi connectivity index (χ4n) is 2.09. The molecule has 2 aromatic carbocycles. The van der Waals surface area contributed by atoms with E-state index in [9.17, 15) is 4.79 Å². The maximum Gasteiger partial charge on any atom is 0.360 e. The summed E-state index contributed by atoms with van der Waals surface area (Å²) in [5, 5.41) is 0.774. The molecule has 0 fully saturated rings. The van der Waals surface area contributed by atoms with Crippen LogP contribution in [0.3, 0.4) is 0 Å². The number of ether oxygens (including phenoxy) is 1. The normalized spacial score (nSPS) is 10.6. The number of carbonyl (C=O) groups is 1. The third-order valence-corrected chi connectivity index (χ3v) is 3.95. The predicted octanol–water partition coefficient (Wildman–Crippen LogP) is 5.10. The van der Waals surface area contributed by atoms with E-state index in [1.807, 2.05) is 30.3 Å². The molecule has 1 heterocycles. The Balaban J connectivity index is 2.16. The lowest BCUT2D eigenvalue weighted by Crippen LogP contribution is -2.03. The number of carbonyl (C=O) groups excluding carboxylic acids is 1. The molecule has 1 aromatic heterocycles. The van der Waals surface area contributed by atoms with E-state index >= 15 is 0 Å². The zero-order valence-electron chi connectivity index (χ0n) is 12.0. The van der Waals surface area contributed by atoms with Gasteiger partial charge >= 0.3 is 5.97 Å². The number of nitrogens with zero attached hydrogens (tertiary/aromatic N) is 1. The highest BCUT2D eigenvalue weighted by molar-refractivity contribution is 6.42. The number of benzene rings is 2. The fraction of sp³-hybridized carbons (Fsp3) is 0.0588. The van der Waals surface area contributed by atoms with Crippen molar-refractivity contribution in [3.8, 4) is 22.8 Å². The van der Waals surface area contributed by atoms with Crippen molar-refractivity contribution in [3.05, 3.63) is 64.3 Å². The minimum atomic E-state index is -0.586. The molecule has 0 spiro atoms. The Bertz CT molecular complexity index is 860. The van der Waals surface area contributed by atoms with Gasteiger partial charge in [0.05, 0.1) is 17.2 Å². The maximum absolute atomic E-state index is 12.0. The van der Waals surface area contributed by atoms with Crippen LogP contribution >= 0.6 is 23.2 Å². The standard InChI is InChI=1S/C17H11Cl2NO3/c1-22-17(21)14-15(11-7-8-12(18)13(19)9-11)23-16(20-14)10-5-3-2-4-6-10/h2-9H,1H3. The van der Waals surface area contributed by atoms with E-state index in [0.717, 1.165) is 5.56 Å². The number of hydrogen-bond acceptors (Lipinski definition) is 4. The Morgan fingerprint density at radius 1 is 1.04 bits per heavy atom. The number of methoxy groups -OCH3 is 1. The van der Waals surface area contributed by atoms with E-state index < -0.39 is 5.97 Å². The van der Waals surface area contributed by atoms with Crippen LogP contribution < -0.4 is 0 Å². The Morgan fingerprint density at radius 2 is 1.78 bits per heavy atom. The molecule has 0 saturated heterocycles. The van der Waals surface area contributed by atoms with E-state index in [4.69, 9.17) is 32.4 Å². The summed E-state index contributed by atoms with van der Waals surface area (Å²) in [6, 6.07) is 14.2. The number of rotatable bonds is 3. The van der Waals surface area contributed by atoms with Crippen LogP contribution in [0.1, 0.15) is 10.5 Å². The second-order valence-corrected chi connectivity index (χ2v) is 5.50. The lowest BCUT2D eigenvalue weighted by atomic mass is 10.1. The Morgan fingerprint density at radius 3 is 2.43 bits per heavy atom. The molecule has 0 N–H and O–H groups in total. The summed E-state index contributed by atoms with van der Waals surface area (Å²) >= 11 is 12.0. The first-order chi connectivity index (χ1) is 11.1. The first-order valence-electron chi connectivity index (χ1n) is 6.70. The summed E-state index contributed by atoms with van der Waals surface area (Å²) in [5.74, 6) is 0.0262. The van der Waals surface area contributed by atoms with Gasteiger partial charge in [0, 0.05) is 11.1 Å². The van der Waals surface area contributed by atoms with Gasteiger partial charge in [0.25, 0.3) is 0 Å². The summed E-state index contributed by atoms with van der Waals surface area (Å²) < 4.78 is 10.6. The van der Waals surface area contributed by atoms with Crippen molar-refractivity contribution < 1.29 is 13.9 Å². The van der Waals surface area contributed by atoms with Crippen LogP contribution in [-0.2, 0) is 4.74 Å². The summed E-state index contributed by atoms with van der Waals surface area (Å²) in [6.45, 7) is 0. The molecular weight excluding hydrogens is 337 g/mol. The van der Waals surface area contributed by atoms with E-state index in [-0.39, 0.29) is 11.5 Å². The Labute approximate surface area is 142 Å². The Hall–Kier alpha value is -2.30. The molecule has 4 nitrogen and oxygen atoms in total. The van der Waals surface area contributed by atoms with E-state index in [0.29, 0.717) is 21.5 Å². The smallest absolute Gasteiger partial charge is 0.360 e. The highest BCUT2D eigenvalue weighted by Crippen LogP contribution is 2.33. The molecule has 0 atom stereocenters. The summed E-state index contributed by atoms with van der Waals surface area (Å²) in [6.07, 6.45) is 0. The molecule has 3 rings (SSSR count). The largest absolute Gasteiger partial charge is 0.464 e. The van der Waals surface area contributed by atoms with E-state index in [1.54, 1.807) is 18.2 Å². The lowest BCUT2D eigenvalue weighted by molar-refractivity contribution is 0.0595. The van der Waals surface area contributed by atoms with Gasteiger partial charge in [-0.1, -0.05) is 41.4 Å². The number of aromatic nitrogens is 1. The average molecular weight is 348 g/mol. The van der Waals surface area contributed by atoms with Gasteiger partial charge in [-0.2, -0.15) is 0 Å². The van der Waals surface area contributed by atoms with Crippen LogP contribution in [0.2, 0.25) is 10.0 Å². The zero-order chi connectivity index (χ0) is 16.4. The number of hydrogen-bond donors (Lipinski definition) is 0. The highest BCUT2D eigenvalue weighted by Gasteiger charge is 2.23. The van der Waals surface area contributed by atoms with E-state index in [1.165, 1.54) is 7.11 Å². The van der Waals surface area contributed by atoms with Gasteiger partial charge in [0.15, 0.2) is 11.5 Å². The van der Waals surface area contributed by atoms with Gasteiger partial charge in [-0.15, -0.1) is 0 Å². The Kier molecular flexibility index (Phi) is 4.37. The summed E-state index contributed by atoms with van der Waals surface area (Å²) in [5.41, 5.74) is 1.43. The van der Waals surface area contributed by atoms with Crippen molar-refractivity contribution in [1.82, 2.24) is 4.98 Å². The highest BCUT2D eigenvalue weighted by atomic mass is 35.5. The van der Waals surface area contributed by atoms with Crippen molar-refractivity contribution in [3.63, 3.8) is 0 Å². The quantitative estimate of drug-likeness (QED) is 0.618. The topological polar surface area (TPSA) is 52.3 Å². The van der Waals surface area contributed by atoms with Gasteiger partial charge in [0.1, 0.15) is 0 Å². The molecule has 0 aliphatic heterocycles. The van der Waals surface area contributed by atoms with Gasteiger partial charge in [-0.05, 0) is 30.3 Å². The molecule has 0 saturated carbocycles. The number of oxazole rings is 1. The molecule has 23 heavy (non-hydrogen) atoms. The SMILES string of the molecule is COC(=O)c1nc(-c2ccccc2)oc1-c1ccc(Cl)c(Cl)c1. The van der Waals surface area contributed by atoms with Crippen LogP contribution in [0.15, 0.2) is 52.9 Å². The fourth-order valence-corrected chi connectivity index (χ4v) is 2.39. The third kappa shape index (κ3) is 3.09. The van der Waals surface area contributed by atoms with Crippen LogP contribution in [0, 0.1) is 0 Å². The molecule has 0 radical (unpaired) electrons. The van der Waals surface area contributed by atoms with Gasteiger partial charge in [-0.25, -0.2) is 9.78 Å². The first-order valence-corrected chi connectivity index (χ1v) is 7.45. The molecular formula is C17H11Cl2NO3. The number of esters is 1. The van der Waals surface area contributed by atoms with Crippen LogP contribution in [0.5, 0.6) is 0 Å². The molecule has 0 aliphatic carbocycles. The van der Waals surface area contributed by atoms with Crippen LogP contribution in [0.4, 0.5) is 0 Å². The second kappa shape index (κ2) is 6.44. The average Bonchev–Trinajstić information content (AvgIpc) is 3.03. The molecule has 0 amide bonds.